The number of aromatic nitrogens is 4. The predicted octanol–water partition coefficient (Wildman–Crippen LogP) is 4.19. The first-order valence-corrected chi connectivity index (χ1v) is 9.91. The molecular weight excluding hydrogens is 338 g/mol. The van der Waals surface area contributed by atoms with Crippen molar-refractivity contribution < 1.29 is 4.79 Å². The molecule has 0 bridgehead atoms. The van der Waals surface area contributed by atoms with Crippen LogP contribution in [-0.4, -0.2) is 25.5 Å². The first-order valence-electron chi connectivity index (χ1n) is 9.91. The molecule has 27 heavy (non-hydrogen) atoms. The van der Waals surface area contributed by atoms with Gasteiger partial charge in [0, 0.05) is 17.0 Å². The molecule has 0 spiro atoms. The highest BCUT2D eigenvalue weighted by molar-refractivity contribution is 5.91. The summed E-state index contributed by atoms with van der Waals surface area (Å²) in [7, 11) is 0. The lowest BCUT2D eigenvalue weighted by molar-refractivity contribution is -0.120. The number of carbonyl (C=O) groups excluding carboxylic acids is 1. The Hall–Kier alpha value is -2.76. The lowest BCUT2D eigenvalue weighted by atomic mass is 9.89. The second kappa shape index (κ2) is 6.76. The monoisotopic (exact) mass is 361 g/mol. The van der Waals surface area contributed by atoms with E-state index in [2.05, 4.69) is 15.4 Å². The van der Waals surface area contributed by atoms with Crippen LogP contribution in [0.4, 0.5) is 5.95 Å². The Bertz CT molecular complexity index is 971. The quantitative estimate of drug-likeness (QED) is 0.756. The maximum absolute atomic E-state index is 12.8. The van der Waals surface area contributed by atoms with Crippen LogP contribution in [0.15, 0.2) is 36.5 Å². The molecular formula is C21H23N5O. The number of fused-ring (bicyclic) bond motifs is 1. The maximum atomic E-state index is 12.8. The molecule has 2 aromatic heterocycles. The van der Waals surface area contributed by atoms with Crippen LogP contribution < -0.4 is 5.32 Å². The minimum absolute atomic E-state index is 0.0529. The van der Waals surface area contributed by atoms with E-state index in [0.29, 0.717) is 17.7 Å². The summed E-state index contributed by atoms with van der Waals surface area (Å²) in [5, 5.41) is 7.54. The van der Waals surface area contributed by atoms with Crippen LogP contribution >= 0.6 is 0 Å². The highest BCUT2D eigenvalue weighted by Gasteiger charge is 2.29. The number of amides is 1. The van der Waals surface area contributed by atoms with E-state index in [1.54, 1.807) is 4.52 Å². The minimum Gasteiger partial charge on any atom is -0.294 e. The Labute approximate surface area is 158 Å². The van der Waals surface area contributed by atoms with Gasteiger partial charge in [0.2, 0.25) is 11.9 Å². The number of benzene rings is 1. The summed E-state index contributed by atoms with van der Waals surface area (Å²) >= 11 is 0. The number of carbonyl (C=O) groups is 1. The zero-order valence-corrected chi connectivity index (χ0v) is 15.3. The molecule has 1 N–H and O–H groups in total. The van der Waals surface area contributed by atoms with E-state index in [1.807, 2.05) is 36.5 Å². The highest BCUT2D eigenvalue weighted by atomic mass is 16.2. The summed E-state index contributed by atoms with van der Waals surface area (Å²) < 4.78 is 1.70. The van der Waals surface area contributed by atoms with Crippen LogP contribution in [0.2, 0.25) is 0 Å². The Kier molecular flexibility index (Phi) is 4.11. The molecule has 2 fully saturated rings. The molecule has 0 aliphatic heterocycles. The standard InChI is InChI=1S/C21H23N5O/c27-20(16-9-5-2-6-10-16)25-21-24-18(15-7-3-1-4-8-15)23-19-17(14-11-12-14)13-22-26(19)21/h1,3-4,7-8,13-14,16H,2,5-6,9-12H2,(H,23,24,25,27). The van der Waals surface area contributed by atoms with E-state index < -0.39 is 0 Å². The number of rotatable bonds is 4. The van der Waals surface area contributed by atoms with Crippen molar-refractivity contribution >= 4 is 17.5 Å². The van der Waals surface area contributed by atoms with E-state index in [4.69, 9.17) is 4.98 Å². The summed E-state index contributed by atoms with van der Waals surface area (Å²) in [5.74, 6) is 1.76. The SMILES string of the molecule is O=C(Nc1nc(-c2ccccc2)nc2c(C3CC3)cnn12)C1CCCCC1. The van der Waals surface area contributed by atoms with Crippen molar-refractivity contribution in [2.75, 3.05) is 5.32 Å². The molecule has 0 unspecified atom stereocenters. The smallest absolute Gasteiger partial charge is 0.234 e. The zero-order valence-electron chi connectivity index (χ0n) is 15.3. The molecule has 3 aromatic rings. The summed E-state index contributed by atoms with van der Waals surface area (Å²) in [4.78, 5) is 22.2. The summed E-state index contributed by atoms with van der Waals surface area (Å²) in [6.45, 7) is 0. The molecule has 1 aromatic carbocycles. The van der Waals surface area contributed by atoms with Crippen molar-refractivity contribution in [2.24, 2.45) is 5.92 Å². The number of anilines is 1. The molecule has 2 saturated carbocycles. The Morgan fingerprint density at radius 2 is 1.78 bits per heavy atom. The van der Waals surface area contributed by atoms with E-state index in [0.717, 1.165) is 42.5 Å². The second-order valence-corrected chi connectivity index (χ2v) is 7.67. The van der Waals surface area contributed by atoms with Crippen molar-refractivity contribution in [2.45, 2.75) is 50.9 Å². The van der Waals surface area contributed by atoms with Gasteiger partial charge in [0.1, 0.15) is 0 Å². The molecule has 2 aliphatic rings. The van der Waals surface area contributed by atoms with Gasteiger partial charge in [-0.25, -0.2) is 4.98 Å². The van der Waals surface area contributed by atoms with Gasteiger partial charge in [-0.15, -0.1) is 0 Å². The molecule has 138 valence electrons. The van der Waals surface area contributed by atoms with Crippen molar-refractivity contribution in [1.82, 2.24) is 19.6 Å². The van der Waals surface area contributed by atoms with Crippen molar-refractivity contribution in [3.05, 3.63) is 42.1 Å². The minimum atomic E-state index is 0.0529. The van der Waals surface area contributed by atoms with Gasteiger partial charge in [0.15, 0.2) is 11.5 Å². The van der Waals surface area contributed by atoms with E-state index >= 15 is 0 Å². The first-order chi connectivity index (χ1) is 13.3. The summed E-state index contributed by atoms with van der Waals surface area (Å²) in [6, 6.07) is 9.91. The number of nitrogens with zero attached hydrogens (tertiary/aromatic N) is 4. The van der Waals surface area contributed by atoms with Crippen LogP contribution in [0.3, 0.4) is 0 Å². The van der Waals surface area contributed by atoms with Crippen LogP contribution in [0, 0.1) is 5.92 Å². The van der Waals surface area contributed by atoms with Crippen molar-refractivity contribution in [1.29, 1.82) is 0 Å². The normalized spacial score (nSPS) is 17.9. The molecule has 6 heteroatoms. The Balaban J connectivity index is 1.56. The maximum Gasteiger partial charge on any atom is 0.234 e. The van der Waals surface area contributed by atoms with Gasteiger partial charge in [-0.05, 0) is 31.6 Å². The van der Waals surface area contributed by atoms with E-state index in [-0.39, 0.29) is 11.8 Å². The molecule has 2 heterocycles. The molecule has 2 aliphatic carbocycles. The number of nitrogens with one attached hydrogen (secondary N) is 1. The van der Waals surface area contributed by atoms with Crippen LogP contribution in [0.25, 0.3) is 17.0 Å². The number of hydrogen-bond acceptors (Lipinski definition) is 4. The fourth-order valence-corrected chi connectivity index (χ4v) is 3.95. The van der Waals surface area contributed by atoms with Gasteiger partial charge < -0.3 is 0 Å². The van der Waals surface area contributed by atoms with Gasteiger partial charge in [0.05, 0.1) is 6.20 Å². The van der Waals surface area contributed by atoms with Crippen molar-refractivity contribution in [3.63, 3.8) is 0 Å². The zero-order chi connectivity index (χ0) is 18.2. The third-order valence-corrected chi connectivity index (χ3v) is 5.66. The average Bonchev–Trinajstić information content (AvgIpc) is 3.48. The lowest BCUT2D eigenvalue weighted by Crippen LogP contribution is -2.26. The molecule has 6 nitrogen and oxygen atoms in total. The fraction of sp³-hybridized carbons (Fsp3) is 0.429. The first kappa shape index (κ1) is 16.4. The molecule has 0 saturated heterocycles. The number of hydrogen-bond donors (Lipinski definition) is 1. The Morgan fingerprint density at radius 3 is 2.52 bits per heavy atom. The third kappa shape index (κ3) is 3.20. The van der Waals surface area contributed by atoms with E-state index in [9.17, 15) is 4.79 Å². The topological polar surface area (TPSA) is 72.2 Å². The molecule has 0 atom stereocenters. The van der Waals surface area contributed by atoms with E-state index in [1.165, 1.54) is 19.3 Å². The van der Waals surface area contributed by atoms with Gasteiger partial charge in [0.25, 0.3) is 0 Å². The van der Waals surface area contributed by atoms with Crippen LogP contribution in [0.1, 0.15) is 56.4 Å². The molecule has 5 rings (SSSR count). The van der Waals surface area contributed by atoms with Gasteiger partial charge in [-0.2, -0.15) is 14.6 Å². The van der Waals surface area contributed by atoms with Gasteiger partial charge in [-0.3, -0.25) is 10.1 Å². The van der Waals surface area contributed by atoms with Crippen LogP contribution in [0.5, 0.6) is 0 Å². The molecule has 0 radical (unpaired) electrons. The second-order valence-electron chi connectivity index (χ2n) is 7.67. The largest absolute Gasteiger partial charge is 0.294 e. The Morgan fingerprint density at radius 1 is 1.00 bits per heavy atom. The summed E-state index contributed by atoms with van der Waals surface area (Å²) in [6.07, 6.45) is 9.62. The predicted molar refractivity (Wildman–Crippen MR) is 103 cm³/mol. The lowest BCUT2D eigenvalue weighted by Gasteiger charge is -2.20. The van der Waals surface area contributed by atoms with Crippen molar-refractivity contribution in [3.8, 4) is 11.4 Å². The highest BCUT2D eigenvalue weighted by Crippen LogP contribution is 2.42. The fourth-order valence-electron chi connectivity index (χ4n) is 3.95. The van der Waals surface area contributed by atoms with Gasteiger partial charge in [-0.1, -0.05) is 49.6 Å². The third-order valence-electron chi connectivity index (χ3n) is 5.66. The van der Waals surface area contributed by atoms with Crippen LogP contribution in [-0.2, 0) is 4.79 Å². The van der Waals surface area contributed by atoms with Gasteiger partial charge >= 0.3 is 0 Å². The summed E-state index contributed by atoms with van der Waals surface area (Å²) in [5.41, 5.74) is 2.91. The average molecular weight is 361 g/mol. The molecule has 1 amide bonds.